The summed E-state index contributed by atoms with van der Waals surface area (Å²) in [5.74, 6) is -0.208. The van der Waals surface area contributed by atoms with Crippen molar-refractivity contribution in [2.24, 2.45) is 5.73 Å². The molecule has 0 amide bonds. The van der Waals surface area contributed by atoms with Gasteiger partial charge in [-0.25, -0.2) is 4.39 Å². The van der Waals surface area contributed by atoms with Gasteiger partial charge in [-0.2, -0.15) is 0 Å². The molecular weight excluding hydrogens is 191 g/mol. The summed E-state index contributed by atoms with van der Waals surface area (Å²) in [6.45, 7) is 7.38. The fourth-order valence-corrected chi connectivity index (χ4v) is 1.59. The van der Waals surface area contributed by atoms with Crippen LogP contribution in [0.2, 0.25) is 0 Å². The van der Waals surface area contributed by atoms with Gasteiger partial charge in [-0.1, -0.05) is 26.0 Å². The van der Waals surface area contributed by atoms with Crippen LogP contribution >= 0.6 is 0 Å². The van der Waals surface area contributed by atoms with Crippen LogP contribution < -0.4 is 5.73 Å². The molecule has 0 unspecified atom stereocenters. The molecule has 0 spiro atoms. The molecule has 0 aromatic heterocycles. The molecule has 0 fully saturated rings. The van der Waals surface area contributed by atoms with Crippen molar-refractivity contribution in [2.75, 3.05) is 13.1 Å². The van der Waals surface area contributed by atoms with E-state index in [4.69, 9.17) is 5.73 Å². The molecule has 3 heteroatoms. The monoisotopic (exact) mass is 210 g/mol. The fourth-order valence-electron chi connectivity index (χ4n) is 1.59. The van der Waals surface area contributed by atoms with Crippen molar-refractivity contribution in [3.8, 4) is 0 Å². The summed E-state index contributed by atoms with van der Waals surface area (Å²) in [6.07, 6.45) is 0. The van der Waals surface area contributed by atoms with Crippen LogP contribution in [0.5, 0.6) is 0 Å². The van der Waals surface area contributed by atoms with Crippen molar-refractivity contribution in [3.63, 3.8) is 0 Å². The Morgan fingerprint density at radius 3 is 2.47 bits per heavy atom. The van der Waals surface area contributed by atoms with Crippen molar-refractivity contribution in [2.45, 2.75) is 26.9 Å². The van der Waals surface area contributed by atoms with Crippen LogP contribution in [-0.2, 0) is 13.1 Å². The number of nitrogens with two attached hydrogens (primary N) is 1. The third-order valence-corrected chi connectivity index (χ3v) is 2.63. The number of rotatable bonds is 5. The van der Waals surface area contributed by atoms with Gasteiger partial charge in [0.05, 0.1) is 0 Å². The van der Waals surface area contributed by atoms with E-state index in [0.29, 0.717) is 5.56 Å². The Labute approximate surface area is 90.9 Å². The molecule has 1 aromatic rings. The summed E-state index contributed by atoms with van der Waals surface area (Å²) in [7, 11) is 0. The number of hydrogen-bond acceptors (Lipinski definition) is 2. The van der Waals surface area contributed by atoms with Gasteiger partial charge >= 0.3 is 0 Å². The van der Waals surface area contributed by atoms with E-state index < -0.39 is 0 Å². The second-order valence-corrected chi connectivity index (χ2v) is 3.59. The van der Waals surface area contributed by atoms with E-state index in [0.717, 1.165) is 25.2 Å². The molecular formula is C12H19FN2. The second kappa shape index (κ2) is 5.83. The molecule has 1 aromatic carbocycles. The lowest BCUT2D eigenvalue weighted by Gasteiger charge is -2.18. The Balaban J connectivity index is 2.77. The van der Waals surface area contributed by atoms with Crippen LogP contribution in [0.15, 0.2) is 18.2 Å². The fraction of sp³-hybridized carbons (Fsp3) is 0.500. The zero-order valence-electron chi connectivity index (χ0n) is 9.46. The summed E-state index contributed by atoms with van der Waals surface area (Å²) in [5.41, 5.74) is 7.18. The van der Waals surface area contributed by atoms with Crippen LogP contribution in [0.1, 0.15) is 25.0 Å². The van der Waals surface area contributed by atoms with Crippen molar-refractivity contribution in [1.82, 2.24) is 4.90 Å². The molecule has 0 radical (unpaired) electrons. The van der Waals surface area contributed by atoms with Crippen LogP contribution in [0.25, 0.3) is 0 Å². The molecule has 15 heavy (non-hydrogen) atoms. The van der Waals surface area contributed by atoms with Crippen LogP contribution in [0.4, 0.5) is 4.39 Å². The highest BCUT2D eigenvalue weighted by molar-refractivity contribution is 5.24. The molecule has 0 aliphatic heterocycles. The molecule has 0 aliphatic carbocycles. The molecule has 0 atom stereocenters. The predicted molar refractivity (Wildman–Crippen MR) is 60.9 cm³/mol. The SMILES string of the molecule is CCN(CC)Cc1ccc(F)c(CN)c1. The molecule has 0 saturated heterocycles. The van der Waals surface area contributed by atoms with Gasteiger partial charge in [-0.05, 0) is 24.7 Å². The predicted octanol–water partition coefficient (Wildman–Crippen LogP) is 2.13. The standard InChI is InChI=1S/C12H19FN2/c1-3-15(4-2)9-10-5-6-12(13)11(7-10)8-14/h5-7H,3-4,8-9,14H2,1-2H3. The first-order valence-electron chi connectivity index (χ1n) is 5.41. The first-order valence-corrected chi connectivity index (χ1v) is 5.41. The van der Waals surface area contributed by atoms with Gasteiger partial charge in [-0.15, -0.1) is 0 Å². The maximum Gasteiger partial charge on any atom is 0.127 e. The smallest absolute Gasteiger partial charge is 0.127 e. The van der Waals surface area contributed by atoms with E-state index in [-0.39, 0.29) is 12.4 Å². The molecule has 1 rings (SSSR count). The largest absolute Gasteiger partial charge is 0.326 e. The highest BCUT2D eigenvalue weighted by Crippen LogP contribution is 2.11. The molecule has 0 heterocycles. The number of halogens is 1. The minimum absolute atomic E-state index is 0.208. The average Bonchev–Trinajstić information content (AvgIpc) is 2.28. The Bertz CT molecular complexity index is 308. The normalized spacial score (nSPS) is 11.0. The first kappa shape index (κ1) is 12.1. The Kier molecular flexibility index (Phi) is 4.72. The minimum atomic E-state index is -0.208. The van der Waals surface area contributed by atoms with Crippen LogP contribution in [0, 0.1) is 5.82 Å². The number of benzene rings is 1. The number of nitrogens with zero attached hydrogens (tertiary/aromatic N) is 1. The molecule has 0 bridgehead atoms. The minimum Gasteiger partial charge on any atom is -0.326 e. The van der Waals surface area contributed by atoms with Crippen molar-refractivity contribution in [3.05, 3.63) is 35.1 Å². The van der Waals surface area contributed by atoms with E-state index >= 15 is 0 Å². The molecule has 2 N–H and O–H groups in total. The Morgan fingerprint density at radius 1 is 1.27 bits per heavy atom. The third-order valence-electron chi connectivity index (χ3n) is 2.63. The quantitative estimate of drug-likeness (QED) is 0.806. The lowest BCUT2D eigenvalue weighted by molar-refractivity contribution is 0.295. The summed E-state index contributed by atoms with van der Waals surface area (Å²) >= 11 is 0. The summed E-state index contributed by atoms with van der Waals surface area (Å²) in [5, 5.41) is 0. The van der Waals surface area contributed by atoms with Gasteiger partial charge in [0.2, 0.25) is 0 Å². The highest BCUT2D eigenvalue weighted by Gasteiger charge is 2.04. The van der Waals surface area contributed by atoms with Crippen LogP contribution in [0.3, 0.4) is 0 Å². The van der Waals surface area contributed by atoms with Crippen molar-refractivity contribution < 1.29 is 4.39 Å². The van der Waals surface area contributed by atoms with Gasteiger partial charge in [0.1, 0.15) is 5.82 Å². The molecule has 2 nitrogen and oxygen atoms in total. The zero-order valence-corrected chi connectivity index (χ0v) is 9.46. The van der Waals surface area contributed by atoms with Crippen molar-refractivity contribution >= 4 is 0 Å². The first-order chi connectivity index (χ1) is 7.21. The van der Waals surface area contributed by atoms with Crippen LogP contribution in [-0.4, -0.2) is 18.0 Å². The second-order valence-electron chi connectivity index (χ2n) is 3.59. The summed E-state index contributed by atoms with van der Waals surface area (Å²) in [4.78, 5) is 2.29. The van der Waals surface area contributed by atoms with Gasteiger partial charge < -0.3 is 5.73 Å². The van der Waals surface area contributed by atoms with Gasteiger partial charge in [0.25, 0.3) is 0 Å². The van der Waals surface area contributed by atoms with Crippen molar-refractivity contribution in [1.29, 1.82) is 0 Å². The van der Waals surface area contributed by atoms with E-state index in [1.165, 1.54) is 6.07 Å². The molecule has 0 aliphatic rings. The van der Waals surface area contributed by atoms with E-state index in [1.54, 1.807) is 0 Å². The number of hydrogen-bond donors (Lipinski definition) is 1. The van der Waals surface area contributed by atoms with Gasteiger partial charge in [0, 0.05) is 18.7 Å². The Morgan fingerprint density at radius 2 is 1.93 bits per heavy atom. The molecule has 0 saturated carbocycles. The third kappa shape index (κ3) is 3.29. The van der Waals surface area contributed by atoms with E-state index in [9.17, 15) is 4.39 Å². The Hall–Kier alpha value is -0.930. The average molecular weight is 210 g/mol. The maximum atomic E-state index is 13.2. The summed E-state index contributed by atoms with van der Waals surface area (Å²) < 4.78 is 13.2. The molecule has 84 valence electrons. The maximum absolute atomic E-state index is 13.2. The zero-order chi connectivity index (χ0) is 11.3. The van der Waals surface area contributed by atoms with E-state index in [2.05, 4.69) is 18.7 Å². The summed E-state index contributed by atoms with van der Waals surface area (Å²) in [6, 6.07) is 5.18. The topological polar surface area (TPSA) is 29.3 Å². The highest BCUT2D eigenvalue weighted by atomic mass is 19.1. The van der Waals surface area contributed by atoms with E-state index in [1.807, 2.05) is 12.1 Å². The lowest BCUT2D eigenvalue weighted by atomic mass is 10.1. The lowest BCUT2D eigenvalue weighted by Crippen LogP contribution is -2.22. The van der Waals surface area contributed by atoms with Gasteiger partial charge in [-0.3, -0.25) is 4.90 Å². The van der Waals surface area contributed by atoms with Gasteiger partial charge in [0.15, 0.2) is 0 Å².